The number of furan rings is 1. The van der Waals surface area contributed by atoms with Gasteiger partial charge in [-0.1, -0.05) is 13.2 Å². The SMILES string of the molecule is C=C=C(C)c1ccc(Cc2c(C)cc(OCC(=C)C)cc2C)o1. The van der Waals surface area contributed by atoms with Crippen LogP contribution in [-0.4, -0.2) is 6.61 Å². The van der Waals surface area contributed by atoms with Crippen LogP contribution in [0.5, 0.6) is 5.75 Å². The third-order valence-electron chi connectivity index (χ3n) is 3.80. The van der Waals surface area contributed by atoms with E-state index in [-0.39, 0.29) is 0 Å². The molecule has 0 aliphatic carbocycles. The van der Waals surface area contributed by atoms with Crippen molar-refractivity contribution in [2.75, 3.05) is 6.61 Å². The first kappa shape index (κ1) is 16.9. The monoisotopic (exact) mass is 308 g/mol. The van der Waals surface area contributed by atoms with Gasteiger partial charge in [-0.25, -0.2) is 0 Å². The molecular formula is C21H24O2. The summed E-state index contributed by atoms with van der Waals surface area (Å²) in [7, 11) is 0. The van der Waals surface area contributed by atoms with Crippen LogP contribution in [0.3, 0.4) is 0 Å². The molecule has 120 valence electrons. The molecule has 1 aromatic carbocycles. The summed E-state index contributed by atoms with van der Waals surface area (Å²) in [5.41, 5.74) is 8.48. The molecular weight excluding hydrogens is 284 g/mol. The molecule has 1 heterocycles. The number of hydrogen-bond donors (Lipinski definition) is 0. The van der Waals surface area contributed by atoms with E-state index in [1.54, 1.807) is 0 Å². The fourth-order valence-corrected chi connectivity index (χ4v) is 2.46. The van der Waals surface area contributed by atoms with Gasteiger partial charge in [-0.2, -0.15) is 0 Å². The van der Waals surface area contributed by atoms with Crippen LogP contribution in [-0.2, 0) is 6.42 Å². The van der Waals surface area contributed by atoms with E-state index in [4.69, 9.17) is 9.15 Å². The van der Waals surface area contributed by atoms with Crippen molar-refractivity contribution in [2.45, 2.75) is 34.1 Å². The molecule has 23 heavy (non-hydrogen) atoms. The average Bonchev–Trinajstić information content (AvgIpc) is 2.96. The number of hydrogen-bond acceptors (Lipinski definition) is 2. The van der Waals surface area contributed by atoms with Crippen molar-refractivity contribution in [1.82, 2.24) is 0 Å². The molecule has 0 spiro atoms. The number of benzene rings is 1. The van der Waals surface area contributed by atoms with E-state index in [2.05, 4.69) is 44.9 Å². The lowest BCUT2D eigenvalue weighted by atomic mass is 9.98. The molecule has 0 atom stereocenters. The summed E-state index contributed by atoms with van der Waals surface area (Å²) in [4.78, 5) is 0. The normalized spacial score (nSPS) is 10.3. The summed E-state index contributed by atoms with van der Waals surface area (Å²) in [6.45, 7) is 16.2. The first-order chi connectivity index (χ1) is 10.9. The lowest BCUT2D eigenvalue weighted by Gasteiger charge is -2.13. The highest BCUT2D eigenvalue weighted by molar-refractivity contribution is 5.58. The average molecular weight is 308 g/mol. The Morgan fingerprint density at radius 1 is 1.17 bits per heavy atom. The highest BCUT2D eigenvalue weighted by Crippen LogP contribution is 2.26. The highest BCUT2D eigenvalue weighted by Gasteiger charge is 2.10. The Bertz CT molecular complexity index is 748. The number of rotatable bonds is 6. The minimum atomic E-state index is 0.549. The third-order valence-corrected chi connectivity index (χ3v) is 3.80. The van der Waals surface area contributed by atoms with Crippen LogP contribution in [0.4, 0.5) is 0 Å². The Kier molecular flexibility index (Phi) is 5.31. The molecule has 0 unspecified atom stereocenters. The maximum absolute atomic E-state index is 5.88. The van der Waals surface area contributed by atoms with Gasteiger partial charge in [0.25, 0.3) is 0 Å². The number of allylic oxidation sites excluding steroid dienone is 1. The largest absolute Gasteiger partial charge is 0.489 e. The van der Waals surface area contributed by atoms with Crippen LogP contribution in [0.1, 0.15) is 42.1 Å². The fourth-order valence-electron chi connectivity index (χ4n) is 2.46. The molecule has 2 nitrogen and oxygen atoms in total. The van der Waals surface area contributed by atoms with Crippen LogP contribution in [0, 0.1) is 13.8 Å². The smallest absolute Gasteiger partial charge is 0.137 e. The maximum Gasteiger partial charge on any atom is 0.137 e. The molecule has 2 heteroatoms. The molecule has 2 rings (SSSR count). The summed E-state index contributed by atoms with van der Waals surface area (Å²) in [6, 6.07) is 8.13. The van der Waals surface area contributed by atoms with Crippen molar-refractivity contribution in [2.24, 2.45) is 0 Å². The van der Waals surface area contributed by atoms with Gasteiger partial charge in [0.15, 0.2) is 0 Å². The molecule has 0 N–H and O–H groups in total. The molecule has 1 aromatic heterocycles. The van der Waals surface area contributed by atoms with Crippen molar-refractivity contribution in [3.8, 4) is 5.75 Å². The summed E-state index contributed by atoms with van der Waals surface area (Å²) in [5, 5.41) is 0. The van der Waals surface area contributed by atoms with E-state index in [1.807, 2.05) is 26.0 Å². The first-order valence-electron chi connectivity index (χ1n) is 7.73. The Morgan fingerprint density at radius 2 is 1.83 bits per heavy atom. The van der Waals surface area contributed by atoms with Crippen molar-refractivity contribution >= 4 is 5.57 Å². The second kappa shape index (κ2) is 7.21. The van der Waals surface area contributed by atoms with E-state index in [1.165, 1.54) is 16.7 Å². The number of aryl methyl sites for hydroxylation is 2. The molecule has 0 saturated heterocycles. The van der Waals surface area contributed by atoms with Gasteiger partial charge >= 0.3 is 0 Å². The Hall–Kier alpha value is -2.44. The lowest BCUT2D eigenvalue weighted by Crippen LogP contribution is -2.01. The first-order valence-corrected chi connectivity index (χ1v) is 7.73. The second-order valence-electron chi connectivity index (χ2n) is 6.03. The number of ether oxygens (including phenoxy) is 1. The van der Waals surface area contributed by atoms with Crippen molar-refractivity contribution in [1.29, 1.82) is 0 Å². The lowest BCUT2D eigenvalue weighted by molar-refractivity contribution is 0.352. The quantitative estimate of drug-likeness (QED) is 0.509. The van der Waals surface area contributed by atoms with Crippen LogP contribution in [0.15, 0.2) is 53.1 Å². The highest BCUT2D eigenvalue weighted by atomic mass is 16.5. The predicted octanol–water partition coefficient (Wildman–Crippen LogP) is 5.63. The van der Waals surface area contributed by atoms with Gasteiger partial charge in [0.2, 0.25) is 0 Å². The molecule has 0 aliphatic heterocycles. The van der Waals surface area contributed by atoms with Gasteiger partial charge in [0.05, 0.1) is 0 Å². The van der Waals surface area contributed by atoms with Gasteiger partial charge < -0.3 is 9.15 Å². The van der Waals surface area contributed by atoms with Gasteiger partial charge in [-0.3, -0.25) is 0 Å². The van der Waals surface area contributed by atoms with Crippen LogP contribution >= 0.6 is 0 Å². The van der Waals surface area contributed by atoms with Crippen LogP contribution in [0.2, 0.25) is 0 Å². The van der Waals surface area contributed by atoms with Crippen LogP contribution in [0.25, 0.3) is 5.57 Å². The Balaban J connectivity index is 2.21. The van der Waals surface area contributed by atoms with Crippen molar-refractivity contribution < 1.29 is 9.15 Å². The van der Waals surface area contributed by atoms with Crippen molar-refractivity contribution in [3.05, 3.63) is 76.9 Å². The second-order valence-corrected chi connectivity index (χ2v) is 6.03. The van der Waals surface area contributed by atoms with E-state index >= 15 is 0 Å². The van der Waals surface area contributed by atoms with Crippen molar-refractivity contribution in [3.63, 3.8) is 0 Å². The minimum Gasteiger partial charge on any atom is -0.489 e. The van der Waals surface area contributed by atoms with Gasteiger partial charge in [0.1, 0.15) is 23.9 Å². The van der Waals surface area contributed by atoms with E-state index in [9.17, 15) is 0 Å². The maximum atomic E-state index is 5.88. The standard InChI is InChI=1S/C21H24O2/c1-7-15(4)21-9-8-18(23-21)12-20-16(5)10-19(11-17(20)6)22-13-14(2)3/h8-11H,1-2,12-13H2,3-6H3. The molecule has 2 aromatic rings. The van der Waals surface area contributed by atoms with E-state index in [0.29, 0.717) is 6.61 Å². The third kappa shape index (κ3) is 4.28. The predicted molar refractivity (Wildman–Crippen MR) is 96.0 cm³/mol. The van der Waals surface area contributed by atoms with E-state index < -0.39 is 0 Å². The molecule has 0 fully saturated rings. The zero-order valence-corrected chi connectivity index (χ0v) is 14.5. The molecule has 0 aliphatic rings. The zero-order chi connectivity index (χ0) is 17.0. The Labute approximate surface area is 138 Å². The van der Waals surface area contributed by atoms with E-state index in [0.717, 1.165) is 34.8 Å². The minimum absolute atomic E-state index is 0.549. The van der Waals surface area contributed by atoms with Gasteiger partial charge in [0, 0.05) is 12.0 Å². The summed E-state index contributed by atoms with van der Waals surface area (Å²) < 4.78 is 11.6. The zero-order valence-electron chi connectivity index (χ0n) is 14.5. The summed E-state index contributed by atoms with van der Waals surface area (Å²) in [5.74, 6) is 2.65. The molecule has 0 bridgehead atoms. The molecule has 0 amide bonds. The molecule has 0 saturated carbocycles. The van der Waals surface area contributed by atoms with Gasteiger partial charge in [-0.05, 0) is 74.2 Å². The van der Waals surface area contributed by atoms with Crippen LogP contribution < -0.4 is 4.74 Å². The Morgan fingerprint density at radius 3 is 2.39 bits per heavy atom. The summed E-state index contributed by atoms with van der Waals surface area (Å²) >= 11 is 0. The molecule has 0 radical (unpaired) electrons. The summed E-state index contributed by atoms with van der Waals surface area (Å²) in [6.07, 6.45) is 0.767. The fraction of sp³-hybridized carbons (Fsp3) is 0.286. The van der Waals surface area contributed by atoms with Gasteiger partial charge in [-0.15, -0.1) is 5.73 Å². The topological polar surface area (TPSA) is 22.4 Å².